The first-order valence-electron chi connectivity index (χ1n) is 4.85. The average Bonchev–Trinajstić information content (AvgIpc) is 2.78. The maximum absolute atomic E-state index is 12.3. The number of hydrogen-bond acceptors (Lipinski definition) is 5. The Morgan fingerprint density at radius 3 is 2.37 bits per heavy atom. The molecule has 1 aromatic carbocycles. The van der Waals surface area contributed by atoms with Crippen LogP contribution in [-0.4, -0.2) is 16.2 Å². The number of carbonyl (C=O) groups excluding carboxylic acids is 1. The molecule has 100 valence electrons. The molecule has 2 rings (SSSR count). The highest BCUT2D eigenvalue weighted by atomic mass is 19.4. The molecule has 6 nitrogen and oxygen atoms in total. The van der Waals surface area contributed by atoms with Gasteiger partial charge in [-0.05, 0) is 24.3 Å². The number of nitrogens with zero attached hydrogens (tertiary/aromatic N) is 2. The zero-order valence-corrected chi connectivity index (χ0v) is 9.14. The molecule has 2 aromatic rings. The number of nitrogens with two attached hydrogens (primary N) is 1. The van der Waals surface area contributed by atoms with Crippen LogP contribution < -0.4 is 10.5 Å². The number of hydrogen-bond donors (Lipinski definition) is 1. The smallest absolute Gasteiger partial charge is 0.411 e. The topological polar surface area (TPSA) is 91.2 Å². The Balaban J connectivity index is 2.23. The van der Waals surface area contributed by atoms with E-state index >= 15 is 0 Å². The summed E-state index contributed by atoms with van der Waals surface area (Å²) in [6, 6.07) is 5.40. The molecule has 2 N–H and O–H groups in total. The van der Waals surface area contributed by atoms with Crippen LogP contribution in [-0.2, 0) is 6.18 Å². The van der Waals surface area contributed by atoms with Gasteiger partial charge in [0.1, 0.15) is 5.75 Å². The molecule has 0 aliphatic heterocycles. The average molecular weight is 273 g/mol. The van der Waals surface area contributed by atoms with Crippen LogP contribution in [0.4, 0.5) is 18.0 Å². The van der Waals surface area contributed by atoms with Gasteiger partial charge in [0.2, 0.25) is 5.82 Å². The van der Waals surface area contributed by atoms with E-state index in [2.05, 4.69) is 19.4 Å². The van der Waals surface area contributed by atoms with Crippen molar-refractivity contribution in [1.29, 1.82) is 0 Å². The van der Waals surface area contributed by atoms with E-state index in [1.807, 2.05) is 0 Å². The Kier molecular flexibility index (Phi) is 3.11. The van der Waals surface area contributed by atoms with Gasteiger partial charge in [0.05, 0.1) is 0 Å². The lowest BCUT2D eigenvalue weighted by Crippen LogP contribution is -2.16. The number of rotatable bonds is 2. The minimum atomic E-state index is -4.69. The molecule has 0 saturated carbocycles. The summed E-state index contributed by atoms with van der Waals surface area (Å²) in [5, 5.41) is 3.20. The standard InChI is InChI=1S/C10H6F3N3O3/c11-10(12,13)8-15-7(16-19-8)5-1-3-6(4-2-5)18-9(14)17/h1-4H,(H2,14,17). The molecule has 1 heterocycles. The van der Waals surface area contributed by atoms with Gasteiger partial charge in [-0.1, -0.05) is 5.16 Å². The SMILES string of the molecule is NC(=O)Oc1ccc(-c2noc(C(F)(F)F)n2)cc1. The van der Waals surface area contributed by atoms with Crippen LogP contribution >= 0.6 is 0 Å². The second-order valence-corrected chi connectivity index (χ2v) is 3.37. The van der Waals surface area contributed by atoms with Gasteiger partial charge in [-0.2, -0.15) is 18.2 Å². The van der Waals surface area contributed by atoms with Gasteiger partial charge in [0.25, 0.3) is 0 Å². The summed E-state index contributed by atoms with van der Waals surface area (Å²) in [6.45, 7) is 0. The third-order valence-corrected chi connectivity index (χ3v) is 2.00. The summed E-state index contributed by atoms with van der Waals surface area (Å²) < 4.78 is 45.4. The van der Waals surface area contributed by atoms with Gasteiger partial charge in [-0.25, -0.2) is 4.79 Å². The van der Waals surface area contributed by atoms with Crippen molar-refractivity contribution in [3.8, 4) is 17.1 Å². The predicted molar refractivity (Wildman–Crippen MR) is 54.9 cm³/mol. The number of halogens is 3. The van der Waals surface area contributed by atoms with Crippen LogP contribution in [0.3, 0.4) is 0 Å². The zero-order valence-electron chi connectivity index (χ0n) is 9.14. The molecule has 1 aromatic heterocycles. The number of amides is 1. The summed E-state index contributed by atoms with van der Waals surface area (Å²) in [5.74, 6) is -1.51. The van der Waals surface area contributed by atoms with E-state index in [1.54, 1.807) is 0 Å². The van der Waals surface area contributed by atoms with Gasteiger partial charge in [0.15, 0.2) is 0 Å². The van der Waals surface area contributed by atoms with Crippen LogP contribution in [0.2, 0.25) is 0 Å². The fourth-order valence-electron chi connectivity index (χ4n) is 1.24. The highest BCUT2D eigenvalue weighted by molar-refractivity contribution is 5.68. The minimum absolute atomic E-state index is 0.149. The zero-order chi connectivity index (χ0) is 14.0. The maximum atomic E-state index is 12.3. The Morgan fingerprint density at radius 2 is 1.89 bits per heavy atom. The van der Waals surface area contributed by atoms with Crippen LogP contribution in [0.1, 0.15) is 5.89 Å². The van der Waals surface area contributed by atoms with Crippen molar-refractivity contribution >= 4 is 6.09 Å². The van der Waals surface area contributed by atoms with Crippen LogP contribution in [0.5, 0.6) is 5.75 Å². The highest BCUT2D eigenvalue weighted by Gasteiger charge is 2.38. The second kappa shape index (κ2) is 4.59. The molecule has 0 saturated heterocycles. The molecule has 0 radical (unpaired) electrons. The minimum Gasteiger partial charge on any atom is -0.411 e. The Bertz CT molecular complexity index is 592. The van der Waals surface area contributed by atoms with Gasteiger partial charge >= 0.3 is 18.2 Å². The van der Waals surface area contributed by atoms with Gasteiger partial charge in [-0.15, -0.1) is 0 Å². The van der Waals surface area contributed by atoms with Crippen LogP contribution in [0.15, 0.2) is 28.8 Å². The molecule has 0 bridgehead atoms. The molecule has 0 unspecified atom stereocenters. The summed E-state index contributed by atoms with van der Waals surface area (Å²) in [4.78, 5) is 13.7. The van der Waals surface area contributed by atoms with Crippen molar-refractivity contribution in [2.75, 3.05) is 0 Å². The van der Waals surface area contributed by atoms with Crippen molar-refractivity contribution in [1.82, 2.24) is 10.1 Å². The van der Waals surface area contributed by atoms with E-state index in [1.165, 1.54) is 24.3 Å². The van der Waals surface area contributed by atoms with E-state index in [-0.39, 0.29) is 17.1 Å². The first-order valence-corrected chi connectivity index (χ1v) is 4.85. The van der Waals surface area contributed by atoms with Crippen molar-refractivity contribution in [3.05, 3.63) is 30.2 Å². The number of aromatic nitrogens is 2. The lowest BCUT2D eigenvalue weighted by Gasteiger charge is -2.00. The molecule has 0 aliphatic carbocycles. The monoisotopic (exact) mass is 273 g/mol. The van der Waals surface area contributed by atoms with E-state index in [9.17, 15) is 18.0 Å². The van der Waals surface area contributed by atoms with Gasteiger partial charge in [0, 0.05) is 5.56 Å². The molecule has 19 heavy (non-hydrogen) atoms. The molecular formula is C10H6F3N3O3. The molecule has 0 atom stereocenters. The first-order chi connectivity index (χ1) is 8.86. The van der Waals surface area contributed by atoms with Crippen LogP contribution in [0, 0.1) is 0 Å². The molecular weight excluding hydrogens is 267 g/mol. The molecule has 0 spiro atoms. The fourth-order valence-corrected chi connectivity index (χ4v) is 1.24. The van der Waals surface area contributed by atoms with Crippen molar-refractivity contribution < 1.29 is 27.2 Å². The third kappa shape index (κ3) is 3.00. The number of alkyl halides is 3. The predicted octanol–water partition coefficient (Wildman–Crippen LogP) is 2.21. The van der Waals surface area contributed by atoms with E-state index in [4.69, 9.17) is 5.73 Å². The highest BCUT2D eigenvalue weighted by Crippen LogP contribution is 2.29. The van der Waals surface area contributed by atoms with E-state index < -0.39 is 18.2 Å². The van der Waals surface area contributed by atoms with Crippen molar-refractivity contribution in [3.63, 3.8) is 0 Å². The summed E-state index contributed by atoms with van der Waals surface area (Å²) >= 11 is 0. The maximum Gasteiger partial charge on any atom is 0.471 e. The number of benzene rings is 1. The van der Waals surface area contributed by atoms with Crippen molar-refractivity contribution in [2.24, 2.45) is 5.73 Å². The molecule has 0 fully saturated rings. The summed E-state index contributed by atoms with van der Waals surface area (Å²) in [5.41, 5.74) is 5.07. The van der Waals surface area contributed by atoms with Gasteiger partial charge in [-0.3, -0.25) is 0 Å². The Morgan fingerprint density at radius 1 is 1.26 bits per heavy atom. The second-order valence-electron chi connectivity index (χ2n) is 3.37. The number of carbonyl (C=O) groups is 1. The number of ether oxygens (including phenoxy) is 1. The summed E-state index contributed by atoms with van der Waals surface area (Å²) in [6.07, 6.45) is -5.69. The van der Waals surface area contributed by atoms with Crippen LogP contribution in [0.25, 0.3) is 11.4 Å². The summed E-state index contributed by atoms with van der Waals surface area (Å²) in [7, 11) is 0. The fraction of sp³-hybridized carbons (Fsp3) is 0.100. The lowest BCUT2D eigenvalue weighted by molar-refractivity contribution is -0.159. The molecule has 1 amide bonds. The normalized spacial score (nSPS) is 11.3. The quantitative estimate of drug-likeness (QED) is 0.905. The van der Waals surface area contributed by atoms with Gasteiger partial charge < -0.3 is 15.0 Å². The Labute approximate surface area is 104 Å². The van der Waals surface area contributed by atoms with Crippen molar-refractivity contribution in [2.45, 2.75) is 6.18 Å². The largest absolute Gasteiger partial charge is 0.471 e. The first kappa shape index (κ1) is 12.9. The lowest BCUT2D eigenvalue weighted by atomic mass is 10.2. The van der Waals surface area contributed by atoms with E-state index in [0.717, 1.165) is 0 Å². The molecule has 9 heteroatoms. The molecule has 0 aliphatic rings. The number of primary amides is 1. The van der Waals surface area contributed by atoms with E-state index in [0.29, 0.717) is 0 Å². The third-order valence-electron chi connectivity index (χ3n) is 2.00. The Hall–Kier alpha value is -2.58.